The van der Waals surface area contributed by atoms with Gasteiger partial charge in [0.05, 0.1) is 18.0 Å². The molecule has 0 amide bonds. The normalized spacial score (nSPS) is 12.8. The second-order valence-corrected chi connectivity index (χ2v) is 3.39. The van der Waals surface area contributed by atoms with Gasteiger partial charge in [-0.15, -0.1) is 5.10 Å². The molecule has 0 aliphatic heterocycles. The van der Waals surface area contributed by atoms with Crippen molar-refractivity contribution in [2.75, 3.05) is 0 Å². The largest absolute Gasteiger partial charge is 0.387 e. The fraction of sp³-hybridized carbons (Fsp3) is 0.200. The van der Waals surface area contributed by atoms with Crippen molar-refractivity contribution >= 4 is 0 Å². The smallest absolute Gasteiger partial charge is 0.128 e. The zero-order chi connectivity index (χ0) is 11.7. The molecule has 84 valence electrons. The second-order valence-electron chi connectivity index (χ2n) is 3.39. The molecule has 2 rings (SSSR count). The van der Waals surface area contributed by atoms with Crippen LogP contribution in [0, 0.1) is 11.6 Å². The van der Waals surface area contributed by atoms with Crippen molar-refractivity contribution in [3.63, 3.8) is 0 Å². The summed E-state index contributed by atoms with van der Waals surface area (Å²) in [5, 5.41) is 16.6. The minimum absolute atomic E-state index is 0.219. The van der Waals surface area contributed by atoms with Crippen LogP contribution in [0.4, 0.5) is 8.78 Å². The average molecular weight is 225 g/mol. The molecule has 16 heavy (non-hydrogen) atoms. The number of hydrogen-bond donors (Lipinski definition) is 1. The molecule has 4 nitrogen and oxygen atoms in total. The number of hydrogen-bond acceptors (Lipinski definition) is 3. The summed E-state index contributed by atoms with van der Waals surface area (Å²) in [4.78, 5) is 0. The molecular weight excluding hydrogens is 216 g/mol. The third-order valence-corrected chi connectivity index (χ3v) is 2.05. The van der Waals surface area contributed by atoms with Crippen molar-refractivity contribution in [2.45, 2.75) is 13.0 Å². The minimum Gasteiger partial charge on any atom is -0.387 e. The number of halogens is 2. The fourth-order valence-electron chi connectivity index (χ4n) is 1.27. The Morgan fingerprint density at radius 1 is 1.25 bits per heavy atom. The molecule has 1 atom stereocenters. The summed E-state index contributed by atoms with van der Waals surface area (Å²) in [5.74, 6) is -1.38. The van der Waals surface area contributed by atoms with Crippen LogP contribution in [0.15, 0.2) is 24.4 Å². The Labute approximate surface area is 90.1 Å². The van der Waals surface area contributed by atoms with Crippen LogP contribution in [0.3, 0.4) is 0 Å². The van der Waals surface area contributed by atoms with Crippen molar-refractivity contribution in [1.29, 1.82) is 0 Å². The molecule has 0 aliphatic rings. The van der Waals surface area contributed by atoms with E-state index in [1.165, 1.54) is 17.8 Å². The van der Waals surface area contributed by atoms with Gasteiger partial charge in [-0.05, 0) is 19.1 Å². The lowest BCUT2D eigenvalue weighted by Gasteiger charge is -2.00. The van der Waals surface area contributed by atoms with Gasteiger partial charge in [0, 0.05) is 6.07 Å². The van der Waals surface area contributed by atoms with Crippen LogP contribution in [0.1, 0.15) is 18.7 Å². The molecule has 1 aromatic heterocycles. The van der Waals surface area contributed by atoms with Crippen LogP contribution < -0.4 is 0 Å². The first-order valence-electron chi connectivity index (χ1n) is 4.63. The Hall–Kier alpha value is -1.82. The number of aliphatic hydroxyl groups excluding tert-OH is 1. The van der Waals surface area contributed by atoms with Crippen molar-refractivity contribution < 1.29 is 13.9 Å². The van der Waals surface area contributed by atoms with E-state index in [0.717, 1.165) is 18.2 Å². The van der Waals surface area contributed by atoms with E-state index in [1.54, 1.807) is 0 Å². The SMILES string of the molecule is CC(O)c1cn(-c2cc(F)cc(F)c2)nn1. The quantitative estimate of drug-likeness (QED) is 0.844. The highest BCUT2D eigenvalue weighted by Gasteiger charge is 2.09. The number of rotatable bonds is 2. The van der Waals surface area contributed by atoms with E-state index in [2.05, 4.69) is 10.3 Å². The van der Waals surface area contributed by atoms with E-state index in [1.807, 2.05) is 0 Å². The Morgan fingerprint density at radius 2 is 1.88 bits per heavy atom. The molecular formula is C10H9F2N3O. The van der Waals surface area contributed by atoms with Crippen LogP contribution in [-0.2, 0) is 0 Å². The van der Waals surface area contributed by atoms with Gasteiger partial charge < -0.3 is 5.11 Å². The summed E-state index contributed by atoms with van der Waals surface area (Å²) in [5.41, 5.74) is 0.557. The first-order chi connectivity index (χ1) is 7.56. The Balaban J connectivity index is 2.42. The number of aromatic nitrogens is 3. The maximum absolute atomic E-state index is 12.9. The van der Waals surface area contributed by atoms with Crippen molar-refractivity contribution in [3.05, 3.63) is 41.7 Å². The third-order valence-electron chi connectivity index (χ3n) is 2.05. The zero-order valence-electron chi connectivity index (χ0n) is 8.43. The molecule has 1 aromatic carbocycles. The first kappa shape index (κ1) is 10.7. The monoisotopic (exact) mass is 225 g/mol. The summed E-state index contributed by atoms with van der Waals surface area (Å²) in [6, 6.07) is 3.03. The van der Waals surface area contributed by atoms with E-state index in [-0.39, 0.29) is 5.69 Å². The summed E-state index contributed by atoms with van der Waals surface area (Å²) < 4.78 is 27.1. The molecule has 1 N–H and O–H groups in total. The van der Waals surface area contributed by atoms with Crippen LogP contribution in [0.25, 0.3) is 5.69 Å². The molecule has 0 saturated carbocycles. The van der Waals surface area contributed by atoms with Crippen LogP contribution in [0.5, 0.6) is 0 Å². The van der Waals surface area contributed by atoms with E-state index in [0.29, 0.717) is 5.69 Å². The van der Waals surface area contributed by atoms with Gasteiger partial charge in [-0.25, -0.2) is 13.5 Å². The predicted octanol–water partition coefficient (Wildman–Crippen LogP) is 1.60. The van der Waals surface area contributed by atoms with Crippen LogP contribution in [0.2, 0.25) is 0 Å². The van der Waals surface area contributed by atoms with Crippen molar-refractivity contribution in [2.24, 2.45) is 0 Å². The molecule has 6 heteroatoms. The van der Waals surface area contributed by atoms with Gasteiger partial charge in [0.15, 0.2) is 0 Å². The highest BCUT2D eigenvalue weighted by Crippen LogP contribution is 2.14. The molecule has 0 aliphatic carbocycles. The molecule has 0 saturated heterocycles. The maximum atomic E-state index is 12.9. The Morgan fingerprint density at radius 3 is 2.38 bits per heavy atom. The minimum atomic E-state index is -0.771. The number of benzene rings is 1. The van der Waals surface area contributed by atoms with Crippen LogP contribution in [-0.4, -0.2) is 20.1 Å². The molecule has 0 bridgehead atoms. The first-order valence-corrected chi connectivity index (χ1v) is 4.63. The standard InChI is InChI=1S/C10H9F2N3O/c1-6(16)10-5-15(14-13-10)9-3-7(11)2-8(12)4-9/h2-6,16H,1H3. The van der Waals surface area contributed by atoms with Gasteiger partial charge >= 0.3 is 0 Å². The molecule has 0 radical (unpaired) electrons. The molecule has 0 fully saturated rings. The fourth-order valence-corrected chi connectivity index (χ4v) is 1.27. The molecule has 1 unspecified atom stereocenters. The average Bonchev–Trinajstić information content (AvgIpc) is 2.64. The summed E-state index contributed by atoms with van der Waals surface area (Å²) in [6.07, 6.45) is 0.644. The van der Waals surface area contributed by atoms with Crippen LogP contribution >= 0.6 is 0 Å². The van der Waals surface area contributed by atoms with Gasteiger partial charge in [-0.3, -0.25) is 0 Å². The van der Waals surface area contributed by atoms with Gasteiger partial charge in [-0.1, -0.05) is 5.21 Å². The van der Waals surface area contributed by atoms with E-state index in [4.69, 9.17) is 0 Å². The van der Waals surface area contributed by atoms with Gasteiger partial charge in [0.25, 0.3) is 0 Å². The van der Waals surface area contributed by atoms with Gasteiger partial charge in [0.2, 0.25) is 0 Å². The Bertz CT molecular complexity index is 490. The van der Waals surface area contributed by atoms with E-state index < -0.39 is 17.7 Å². The van der Waals surface area contributed by atoms with Crippen molar-refractivity contribution in [1.82, 2.24) is 15.0 Å². The maximum Gasteiger partial charge on any atom is 0.128 e. The topological polar surface area (TPSA) is 50.9 Å². The summed E-state index contributed by atoms with van der Waals surface area (Å²) in [7, 11) is 0. The number of aliphatic hydroxyl groups is 1. The van der Waals surface area contributed by atoms with Gasteiger partial charge in [-0.2, -0.15) is 0 Å². The summed E-state index contributed by atoms with van der Waals surface area (Å²) in [6.45, 7) is 1.53. The lowest BCUT2D eigenvalue weighted by atomic mass is 10.3. The molecule has 1 heterocycles. The molecule has 2 aromatic rings. The van der Waals surface area contributed by atoms with Crippen molar-refractivity contribution in [3.8, 4) is 5.69 Å². The lowest BCUT2D eigenvalue weighted by molar-refractivity contribution is 0.194. The second kappa shape index (κ2) is 3.97. The zero-order valence-corrected chi connectivity index (χ0v) is 8.43. The lowest BCUT2D eigenvalue weighted by Crippen LogP contribution is -1.96. The highest BCUT2D eigenvalue weighted by molar-refractivity contribution is 5.31. The van der Waals surface area contributed by atoms with Gasteiger partial charge in [0.1, 0.15) is 17.3 Å². The van der Waals surface area contributed by atoms with E-state index in [9.17, 15) is 13.9 Å². The highest BCUT2D eigenvalue weighted by atomic mass is 19.1. The third kappa shape index (κ3) is 2.06. The molecule has 0 spiro atoms. The Kier molecular flexibility index (Phi) is 2.66. The predicted molar refractivity (Wildman–Crippen MR) is 51.9 cm³/mol. The summed E-state index contributed by atoms with van der Waals surface area (Å²) >= 11 is 0. The van der Waals surface area contributed by atoms with E-state index >= 15 is 0 Å². The number of nitrogens with zero attached hydrogens (tertiary/aromatic N) is 3.